The highest BCUT2D eigenvalue weighted by Crippen LogP contribution is 2.44. The Balaban J connectivity index is 1.77. The Morgan fingerprint density at radius 3 is 2.57 bits per heavy atom. The normalized spacial score (nSPS) is 31.2. The van der Waals surface area contributed by atoms with Gasteiger partial charge in [0.25, 0.3) is 0 Å². The lowest BCUT2D eigenvalue weighted by Gasteiger charge is -2.46. The Morgan fingerprint density at radius 1 is 1.05 bits per heavy atom. The van der Waals surface area contributed by atoms with E-state index >= 15 is 0 Å². The van der Waals surface area contributed by atoms with Gasteiger partial charge in [-0.25, -0.2) is 4.39 Å². The lowest BCUT2D eigenvalue weighted by atomic mass is 9.62. The van der Waals surface area contributed by atoms with E-state index in [4.69, 9.17) is 5.73 Å². The molecule has 2 aliphatic rings. The number of hydrogen-bond acceptors (Lipinski definition) is 1. The standard InChI is InChI=1S/C19H28FN/c20-17-10-6-7-15(13-17)14-19(21)12-5-4-11-18(19)16-8-2-1-3-9-16/h6-7,10,13,16,18H,1-5,8-9,11-12,14,21H2. The van der Waals surface area contributed by atoms with Crippen molar-refractivity contribution in [3.63, 3.8) is 0 Å². The van der Waals surface area contributed by atoms with Crippen LogP contribution in [0.2, 0.25) is 0 Å². The predicted molar refractivity (Wildman–Crippen MR) is 85.6 cm³/mol. The molecule has 2 unspecified atom stereocenters. The molecule has 116 valence electrons. The van der Waals surface area contributed by atoms with E-state index in [-0.39, 0.29) is 11.4 Å². The van der Waals surface area contributed by atoms with Crippen LogP contribution in [0.15, 0.2) is 24.3 Å². The molecule has 0 spiro atoms. The topological polar surface area (TPSA) is 26.0 Å². The molecule has 1 aromatic rings. The SMILES string of the molecule is NC1(Cc2cccc(F)c2)CCCCC1C1CCCCC1. The van der Waals surface area contributed by atoms with Gasteiger partial charge in [-0.3, -0.25) is 0 Å². The van der Waals surface area contributed by atoms with Gasteiger partial charge in [0.2, 0.25) is 0 Å². The van der Waals surface area contributed by atoms with Crippen molar-refractivity contribution in [2.45, 2.75) is 69.7 Å². The van der Waals surface area contributed by atoms with Gasteiger partial charge in [-0.15, -0.1) is 0 Å². The van der Waals surface area contributed by atoms with Crippen LogP contribution in [-0.4, -0.2) is 5.54 Å². The Bertz CT molecular complexity index is 466. The molecule has 1 aromatic carbocycles. The summed E-state index contributed by atoms with van der Waals surface area (Å²) in [6.45, 7) is 0. The van der Waals surface area contributed by atoms with E-state index in [9.17, 15) is 4.39 Å². The summed E-state index contributed by atoms with van der Waals surface area (Å²) in [4.78, 5) is 0. The van der Waals surface area contributed by atoms with E-state index in [0.29, 0.717) is 5.92 Å². The molecule has 2 aliphatic carbocycles. The molecule has 0 heterocycles. The predicted octanol–water partition coefficient (Wildman–Crippen LogP) is 4.84. The lowest BCUT2D eigenvalue weighted by Crippen LogP contribution is -2.53. The zero-order valence-corrected chi connectivity index (χ0v) is 13.0. The van der Waals surface area contributed by atoms with Crippen molar-refractivity contribution >= 4 is 0 Å². The molecule has 0 radical (unpaired) electrons. The monoisotopic (exact) mass is 289 g/mol. The molecule has 2 atom stereocenters. The minimum absolute atomic E-state index is 0.117. The van der Waals surface area contributed by atoms with Crippen LogP contribution in [0, 0.1) is 17.7 Å². The van der Waals surface area contributed by atoms with Crippen LogP contribution in [-0.2, 0) is 6.42 Å². The van der Waals surface area contributed by atoms with Crippen LogP contribution in [0.5, 0.6) is 0 Å². The quantitative estimate of drug-likeness (QED) is 0.847. The molecule has 2 saturated carbocycles. The van der Waals surface area contributed by atoms with Crippen LogP contribution in [0.1, 0.15) is 63.4 Å². The van der Waals surface area contributed by atoms with Gasteiger partial charge in [-0.2, -0.15) is 0 Å². The Morgan fingerprint density at radius 2 is 1.81 bits per heavy atom. The Hall–Kier alpha value is -0.890. The molecular formula is C19H28FN. The average molecular weight is 289 g/mol. The molecule has 0 aromatic heterocycles. The summed E-state index contributed by atoms with van der Waals surface area (Å²) in [6.07, 6.45) is 12.6. The van der Waals surface area contributed by atoms with Gasteiger partial charge in [0.05, 0.1) is 0 Å². The van der Waals surface area contributed by atoms with Crippen LogP contribution < -0.4 is 5.73 Å². The Labute approximate surface area is 128 Å². The van der Waals surface area contributed by atoms with E-state index in [2.05, 4.69) is 0 Å². The summed E-state index contributed by atoms with van der Waals surface area (Å²) in [5.74, 6) is 1.30. The number of benzene rings is 1. The van der Waals surface area contributed by atoms with Crippen molar-refractivity contribution in [1.82, 2.24) is 0 Å². The van der Waals surface area contributed by atoms with Crippen LogP contribution >= 0.6 is 0 Å². The smallest absolute Gasteiger partial charge is 0.123 e. The third-order valence-corrected chi connectivity index (χ3v) is 5.79. The maximum Gasteiger partial charge on any atom is 0.123 e. The van der Waals surface area contributed by atoms with Gasteiger partial charge in [0.1, 0.15) is 5.82 Å². The van der Waals surface area contributed by atoms with Gasteiger partial charge >= 0.3 is 0 Å². The summed E-state index contributed by atoms with van der Waals surface area (Å²) in [5, 5.41) is 0. The summed E-state index contributed by atoms with van der Waals surface area (Å²) in [5.41, 5.74) is 7.85. The maximum absolute atomic E-state index is 13.5. The molecule has 2 N–H and O–H groups in total. The largest absolute Gasteiger partial charge is 0.325 e. The lowest BCUT2D eigenvalue weighted by molar-refractivity contribution is 0.0995. The fourth-order valence-corrected chi connectivity index (χ4v) is 4.78. The third-order valence-electron chi connectivity index (χ3n) is 5.79. The van der Waals surface area contributed by atoms with E-state index in [1.165, 1.54) is 57.4 Å². The molecule has 0 saturated heterocycles. The van der Waals surface area contributed by atoms with Crippen molar-refractivity contribution in [1.29, 1.82) is 0 Å². The number of nitrogens with two attached hydrogens (primary N) is 1. The molecule has 0 bridgehead atoms. The van der Waals surface area contributed by atoms with Crippen molar-refractivity contribution < 1.29 is 4.39 Å². The van der Waals surface area contributed by atoms with Crippen molar-refractivity contribution in [3.05, 3.63) is 35.6 Å². The first-order valence-corrected chi connectivity index (χ1v) is 8.71. The third kappa shape index (κ3) is 3.48. The van der Waals surface area contributed by atoms with Gasteiger partial charge in [-0.1, -0.05) is 57.1 Å². The highest BCUT2D eigenvalue weighted by molar-refractivity contribution is 5.20. The van der Waals surface area contributed by atoms with E-state index < -0.39 is 0 Å². The van der Waals surface area contributed by atoms with E-state index in [0.717, 1.165) is 24.3 Å². The molecule has 0 amide bonds. The van der Waals surface area contributed by atoms with Gasteiger partial charge in [-0.05, 0) is 48.8 Å². The highest BCUT2D eigenvalue weighted by atomic mass is 19.1. The molecule has 3 rings (SSSR count). The summed E-state index contributed by atoms with van der Waals surface area (Å²) < 4.78 is 13.5. The molecule has 21 heavy (non-hydrogen) atoms. The minimum atomic E-state index is -0.138. The second kappa shape index (κ2) is 6.48. The minimum Gasteiger partial charge on any atom is -0.325 e. The van der Waals surface area contributed by atoms with Crippen molar-refractivity contribution in [3.8, 4) is 0 Å². The van der Waals surface area contributed by atoms with E-state index in [1.807, 2.05) is 12.1 Å². The second-order valence-electron chi connectivity index (χ2n) is 7.29. The van der Waals surface area contributed by atoms with Gasteiger partial charge < -0.3 is 5.73 Å². The fourth-order valence-electron chi connectivity index (χ4n) is 4.78. The maximum atomic E-state index is 13.5. The number of hydrogen-bond donors (Lipinski definition) is 1. The highest BCUT2D eigenvalue weighted by Gasteiger charge is 2.41. The molecule has 2 heteroatoms. The second-order valence-corrected chi connectivity index (χ2v) is 7.29. The molecular weight excluding hydrogens is 261 g/mol. The average Bonchev–Trinajstić information content (AvgIpc) is 2.48. The zero-order valence-electron chi connectivity index (χ0n) is 13.0. The van der Waals surface area contributed by atoms with Crippen LogP contribution in [0.25, 0.3) is 0 Å². The number of halogens is 1. The van der Waals surface area contributed by atoms with Gasteiger partial charge in [0, 0.05) is 5.54 Å². The molecule has 2 fully saturated rings. The first-order valence-electron chi connectivity index (χ1n) is 8.71. The first kappa shape index (κ1) is 15.0. The van der Waals surface area contributed by atoms with Gasteiger partial charge in [0.15, 0.2) is 0 Å². The number of rotatable bonds is 3. The van der Waals surface area contributed by atoms with Crippen LogP contribution in [0.3, 0.4) is 0 Å². The van der Waals surface area contributed by atoms with E-state index in [1.54, 1.807) is 6.07 Å². The Kier molecular flexibility index (Phi) is 4.63. The van der Waals surface area contributed by atoms with Crippen molar-refractivity contribution in [2.24, 2.45) is 17.6 Å². The first-order chi connectivity index (χ1) is 10.2. The zero-order chi connectivity index (χ0) is 14.7. The van der Waals surface area contributed by atoms with Crippen molar-refractivity contribution in [2.75, 3.05) is 0 Å². The fraction of sp³-hybridized carbons (Fsp3) is 0.684. The van der Waals surface area contributed by atoms with Crippen LogP contribution in [0.4, 0.5) is 4.39 Å². The summed E-state index contributed by atoms with van der Waals surface area (Å²) in [6, 6.07) is 7.03. The molecule has 1 nitrogen and oxygen atoms in total. The summed E-state index contributed by atoms with van der Waals surface area (Å²) >= 11 is 0. The summed E-state index contributed by atoms with van der Waals surface area (Å²) in [7, 11) is 0. The molecule has 0 aliphatic heterocycles.